The van der Waals surface area contributed by atoms with E-state index >= 15 is 0 Å². The van der Waals surface area contributed by atoms with Gasteiger partial charge in [0.05, 0.1) is 18.4 Å². The fourth-order valence-corrected chi connectivity index (χ4v) is 2.72. The molecule has 0 amide bonds. The molecule has 142 valence electrons. The number of hydrogen-bond acceptors (Lipinski definition) is 2. The number of halogens is 2. The molecular weight excluding hydrogens is 456 g/mol. The zero-order chi connectivity index (χ0) is 18.4. The summed E-state index contributed by atoms with van der Waals surface area (Å²) in [6.45, 7) is 1.08. The summed E-state index contributed by atoms with van der Waals surface area (Å²) < 4.78 is 13.3. The highest BCUT2D eigenvalue weighted by Crippen LogP contribution is 2.16. The molecule has 2 N–H and O–H groups in total. The summed E-state index contributed by atoms with van der Waals surface area (Å²) in [4.78, 5) is 14.0. The standard InChI is InChI=1S/C20H22FN5.HI/c1-22-20(24-12-15-7-6-10-17(21)11-15)26(2)14-19-23-13-18(25-19)16-8-4-3-5-9-16;/h3-11,13H,12,14H2,1-2H3,(H,22,24)(H,23,25);1H. The number of aromatic nitrogens is 2. The number of guanidine groups is 1. The van der Waals surface area contributed by atoms with Crippen molar-refractivity contribution in [2.24, 2.45) is 4.99 Å². The van der Waals surface area contributed by atoms with E-state index in [1.54, 1.807) is 13.1 Å². The normalized spacial score (nSPS) is 11.0. The minimum Gasteiger partial charge on any atom is -0.352 e. The number of benzene rings is 2. The minimum absolute atomic E-state index is 0. The van der Waals surface area contributed by atoms with Crippen LogP contribution in [-0.4, -0.2) is 34.9 Å². The van der Waals surface area contributed by atoms with Gasteiger partial charge in [-0.1, -0.05) is 42.5 Å². The molecule has 0 bridgehead atoms. The summed E-state index contributed by atoms with van der Waals surface area (Å²) in [5.74, 6) is 1.32. The lowest BCUT2D eigenvalue weighted by Crippen LogP contribution is -2.38. The first-order valence-corrected chi connectivity index (χ1v) is 8.41. The van der Waals surface area contributed by atoms with E-state index in [1.165, 1.54) is 12.1 Å². The van der Waals surface area contributed by atoms with Gasteiger partial charge >= 0.3 is 0 Å². The second kappa shape index (κ2) is 10.1. The average Bonchev–Trinajstić information content (AvgIpc) is 3.11. The molecule has 0 radical (unpaired) electrons. The van der Waals surface area contributed by atoms with Crippen molar-refractivity contribution in [3.05, 3.63) is 78.0 Å². The summed E-state index contributed by atoms with van der Waals surface area (Å²) >= 11 is 0. The van der Waals surface area contributed by atoms with Gasteiger partial charge in [-0.2, -0.15) is 0 Å². The van der Waals surface area contributed by atoms with Crippen LogP contribution in [0.15, 0.2) is 65.8 Å². The third-order valence-electron chi connectivity index (χ3n) is 4.01. The highest BCUT2D eigenvalue weighted by molar-refractivity contribution is 14.0. The van der Waals surface area contributed by atoms with E-state index < -0.39 is 0 Å². The molecule has 0 saturated heterocycles. The van der Waals surface area contributed by atoms with Crippen LogP contribution in [-0.2, 0) is 13.1 Å². The zero-order valence-corrected chi connectivity index (χ0v) is 17.6. The number of nitrogens with one attached hydrogen (secondary N) is 2. The van der Waals surface area contributed by atoms with Gasteiger partial charge in [-0.3, -0.25) is 4.99 Å². The van der Waals surface area contributed by atoms with E-state index in [9.17, 15) is 4.39 Å². The maximum atomic E-state index is 13.3. The third-order valence-corrected chi connectivity index (χ3v) is 4.01. The highest BCUT2D eigenvalue weighted by Gasteiger charge is 2.10. The van der Waals surface area contributed by atoms with Crippen molar-refractivity contribution in [3.8, 4) is 11.3 Å². The predicted octanol–water partition coefficient (Wildman–Crippen LogP) is 4.04. The number of imidazole rings is 1. The van der Waals surface area contributed by atoms with Crippen molar-refractivity contribution in [2.75, 3.05) is 14.1 Å². The lowest BCUT2D eigenvalue weighted by Gasteiger charge is -2.21. The van der Waals surface area contributed by atoms with Crippen LogP contribution in [0.3, 0.4) is 0 Å². The topological polar surface area (TPSA) is 56.3 Å². The molecule has 3 rings (SSSR count). The van der Waals surface area contributed by atoms with Crippen LogP contribution in [0.2, 0.25) is 0 Å². The molecule has 27 heavy (non-hydrogen) atoms. The molecule has 0 atom stereocenters. The van der Waals surface area contributed by atoms with Crippen molar-refractivity contribution in [2.45, 2.75) is 13.1 Å². The van der Waals surface area contributed by atoms with Gasteiger partial charge in [0, 0.05) is 20.6 Å². The number of H-pyrrole nitrogens is 1. The Kier molecular flexibility index (Phi) is 7.78. The number of aromatic amines is 1. The first-order chi connectivity index (χ1) is 12.7. The molecule has 3 aromatic rings. The molecule has 0 aliphatic carbocycles. The molecule has 0 aliphatic heterocycles. The fourth-order valence-electron chi connectivity index (χ4n) is 2.72. The van der Waals surface area contributed by atoms with Gasteiger partial charge in [-0.05, 0) is 23.3 Å². The van der Waals surface area contributed by atoms with Gasteiger partial charge in [-0.25, -0.2) is 9.37 Å². The quantitative estimate of drug-likeness (QED) is 0.330. The van der Waals surface area contributed by atoms with Gasteiger partial charge in [0.2, 0.25) is 0 Å². The number of nitrogens with zero attached hydrogens (tertiary/aromatic N) is 3. The van der Waals surface area contributed by atoms with Gasteiger partial charge in [0.1, 0.15) is 11.6 Å². The lowest BCUT2D eigenvalue weighted by atomic mass is 10.2. The molecule has 7 heteroatoms. The van der Waals surface area contributed by atoms with Gasteiger partial charge < -0.3 is 15.2 Å². The smallest absolute Gasteiger partial charge is 0.194 e. The summed E-state index contributed by atoms with van der Waals surface area (Å²) in [6.07, 6.45) is 1.83. The number of rotatable bonds is 5. The van der Waals surface area contributed by atoms with Crippen LogP contribution in [0.5, 0.6) is 0 Å². The van der Waals surface area contributed by atoms with Crippen LogP contribution in [0, 0.1) is 5.82 Å². The van der Waals surface area contributed by atoms with Crippen molar-refractivity contribution < 1.29 is 4.39 Å². The Morgan fingerprint density at radius 2 is 1.96 bits per heavy atom. The van der Waals surface area contributed by atoms with Gasteiger partial charge in [0.25, 0.3) is 0 Å². The average molecular weight is 479 g/mol. The Morgan fingerprint density at radius 3 is 2.67 bits per heavy atom. The Labute approximate surface area is 175 Å². The second-order valence-corrected chi connectivity index (χ2v) is 6.00. The summed E-state index contributed by atoms with van der Waals surface area (Å²) in [7, 11) is 3.66. The maximum Gasteiger partial charge on any atom is 0.194 e. The van der Waals surface area contributed by atoms with E-state index in [2.05, 4.69) is 20.3 Å². The predicted molar refractivity (Wildman–Crippen MR) is 118 cm³/mol. The Balaban J connectivity index is 0.00000261. The monoisotopic (exact) mass is 479 g/mol. The van der Waals surface area contributed by atoms with Crippen molar-refractivity contribution in [1.29, 1.82) is 0 Å². The van der Waals surface area contributed by atoms with Gasteiger partial charge in [0.15, 0.2) is 5.96 Å². The first kappa shape index (κ1) is 20.9. The second-order valence-electron chi connectivity index (χ2n) is 6.00. The molecule has 0 aliphatic rings. The van der Waals surface area contributed by atoms with Crippen molar-refractivity contribution in [1.82, 2.24) is 20.2 Å². The van der Waals surface area contributed by atoms with Crippen LogP contribution < -0.4 is 5.32 Å². The molecule has 1 heterocycles. The fraction of sp³-hybridized carbons (Fsp3) is 0.200. The summed E-state index contributed by atoms with van der Waals surface area (Å²) in [5, 5.41) is 3.24. The van der Waals surface area contributed by atoms with Crippen LogP contribution >= 0.6 is 24.0 Å². The Morgan fingerprint density at radius 1 is 1.19 bits per heavy atom. The molecule has 0 fully saturated rings. The Hall–Kier alpha value is -2.42. The SMILES string of the molecule is CN=C(NCc1cccc(F)c1)N(C)Cc1ncc(-c2ccccc2)[nH]1.I. The largest absolute Gasteiger partial charge is 0.352 e. The van der Waals surface area contributed by atoms with E-state index in [4.69, 9.17) is 0 Å². The van der Waals surface area contributed by atoms with E-state index in [0.29, 0.717) is 19.0 Å². The van der Waals surface area contributed by atoms with Crippen LogP contribution in [0.25, 0.3) is 11.3 Å². The first-order valence-electron chi connectivity index (χ1n) is 8.41. The summed E-state index contributed by atoms with van der Waals surface area (Å²) in [6, 6.07) is 16.6. The van der Waals surface area contributed by atoms with E-state index in [-0.39, 0.29) is 29.8 Å². The number of hydrogen-bond donors (Lipinski definition) is 2. The van der Waals surface area contributed by atoms with E-state index in [1.807, 2.05) is 54.5 Å². The summed E-state index contributed by atoms with van der Waals surface area (Å²) in [5.41, 5.74) is 2.95. The lowest BCUT2D eigenvalue weighted by molar-refractivity contribution is 0.463. The zero-order valence-electron chi connectivity index (χ0n) is 15.3. The molecule has 5 nitrogen and oxygen atoms in total. The van der Waals surface area contributed by atoms with Crippen molar-refractivity contribution >= 4 is 29.9 Å². The minimum atomic E-state index is -0.239. The molecule has 0 saturated carbocycles. The Bertz CT molecular complexity index is 879. The van der Waals surface area contributed by atoms with Gasteiger partial charge in [-0.15, -0.1) is 24.0 Å². The molecule has 2 aromatic carbocycles. The molecule has 0 spiro atoms. The van der Waals surface area contributed by atoms with Crippen LogP contribution in [0.4, 0.5) is 4.39 Å². The molecule has 1 aromatic heterocycles. The van der Waals surface area contributed by atoms with Crippen LogP contribution in [0.1, 0.15) is 11.4 Å². The molecule has 0 unspecified atom stereocenters. The highest BCUT2D eigenvalue weighted by atomic mass is 127. The molecular formula is C20H23FIN5. The van der Waals surface area contributed by atoms with E-state index in [0.717, 1.165) is 22.6 Å². The maximum absolute atomic E-state index is 13.3. The third kappa shape index (κ3) is 5.78. The number of aliphatic imine (C=N–C) groups is 1. The van der Waals surface area contributed by atoms with Crippen molar-refractivity contribution in [3.63, 3.8) is 0 Å².